The van der Waals surface area contributed by atoms with E-state index in [1.54, 1.807) is 23.1 Å². The van der Waals surface area contributed by atoms with Crippen molar-refractivity contribution >= 4 is 28.5 Å². The Labute approximate surface area is 161 Å². The van der Waals surface area contributed by atoms with E-state index in [9.17, 15) is 9.59 Å². The zero-order chi connectivity index (χ0) is 19.1. The average molecular weight is 384 g/mol. The third-order valence-electron chi connectivity index (χ3n) is 4.90. The van der Waals surface area contributed by atoms with Crippen LogP contribution in [0.15, 0.2) is 57.7 Å². The molecule has 0 spiro atoms. The Hall–Kier alpha value is -2.63. The van der Waals surface area contributed by atoms with Crippen LogP contribution in [0, 0.1) is 0 Å². The molecular weight excluding hydrogens is 364 g/mol. The standard InChI is InChI=1S/C21H19ClN2O3/c1-23(2)10-11-24-18(13-6-4-3-5-7-13)17-19(25)15-12-14(22)8-9-16(15)27-20(17)21(24)26/h3-9,12,18H,10-11H2,1-2H3/p+1. The number of carbonyl (C=O) groups is 1. The number of amides is 1. The minimum atomic E-state index is -0.451. The highest BCUT2D eigenvalue weighted by atomic mass is 35.5. The molecule has 5 nitrogen and oxygen atoms in total. The van der Waals surface area contributed by atoms with Crippen molar-refractivity contribution in [3.05, 3.63) is 80.7 Å². The van der Waals surface area contributed by atoms with Crippen molar-refractivity contribution in [2.75, 3.05) is 27.2 Å². The zero-order valence-electron chi connectivity index (χ0n) is 15.2. The van der Waals surface area contributed by atoms with Gasteiger partial charge in [-0.05, 0) is 23.8 Å². The highest BCUT2D eigenvalue weighted by Gasteiger charge is 2.42. The van der Waals surface area contributed by atoms with Crippen molar-refractivity contribution in [3.8, 4) is 0 Å². The minimum Gasteiger partial charge on any atom is -0.450 e. The van der Waals surface area contributed by atoms with Gasteiger partial charge in [0.1, 0.15) is 5.58 Å². The van der Waals surface area contributed by atoms with E-state index in [-0.39, 0.29) is 17.1 Å². The van der Waals surface area contributed by atoms with Gasteiger partial charge in [-0.1, -0.05) is 41.9 Å². The molecular formula is C21H20ClN2O3+. The molecule has 0 radical (unpaired) electrons. The predicted molar refractivity (Wildman–Crippen MR) is 104 cm³/mol. The fraction of sp³-hybridized carbons (Fsp3) is 0.238. The molecule has 4 rings (SSSR count). The van der Waals surface area contributed by atoms with Crippen molar-refractivity contribution in [2.45, 2.75) is 6.04 Å². The Kier molecular flexibility index (Phi) is 4.50. The SMILES string of the molecule is C[NH+](C)CCN1C(=O)c2oc3ccc(Cl)cc3c(=O)c2C1c1ccccc1. The van der Waals surface area contributed by atoms with Gasteiger partial charge >= 0.3 is 0 Å². The predicted octanol–water partition coefficient (Wildman–Crippen LogP) is 2.14. The molecule has 1 N–H and O–H groups in total. The summed E-state index contributed by atoms with van der Waals surface area (Å²) in [7, 11) is 4.07. The summed E-state index contributed by atoms with van der Waals surface area (Å²) in [5.74, 6) is -0.105. The number of carbonyl (C=O) groups excluding carboxylic acids is 1. The van der Waals surface area contributed by atoms with Crippen molar-refractivity contribution in [1.82, 2.24) is 4.90 Å². The van der Waals surface area contributed by atoms with Crippen LogP contribution in [0.5, 0.6) is 0 Å². The topological polar surface area (TPSA) is 55.0 Å². The number of nitrogens with one attached hydrogen (secondary N) is 1. The average Bonchev–Trinajstić information content (AvgIpc) is 2.94. The minimum absolute atomic E-state index is 0.137. The lowest BCUT2D eigenvalue weighted by atomic mass is 9.98. The molecule has 0 fully saturated rings. The Morgan fingerprint density at radius 3 is 2.56 bits per heavy atom. The van der Waals surface area contributed by atoms with Gasteiger partial charge in [-0.15, -0.1) is 0 Å². The Morgan fingerprint density at radius 2 is 1.85 bits per heavy atom. The first-order valence-electron chi connectivity index (χ1n) is 8.88. The van der Waals surface area contributed by atoms with Gasteiger partial charge in [-0.25, -0.2) is 0 Å². The van der Waals surface area contributed by atoms with Crippen molar-refractivity contribution < 1.29 is 14.1 Å². The molecule has 1 unspecified atom stereocenters. The number of hydrogen-bond donors (Lipinski definition) is 1. The second kappa shape index (κ2) is 6.83. The molecule has 0 saturated heterocycles. The molecule has 6 heteroatoms. The molecule has 1 aromatic heterocycles. The van der Waals surface area contributed by atoms with Crippen LogP contribution < -0.4 is 10.3 Å². The van der Waals surface area contributed by atoms with Crippen molar-refractivity contribution in [3.63, 3.8) is 0 Å². The third kappa shape index (κ3) is 3.03. The number of halogens is 1. The van der Waals surface area contributed by atoms with Crippen LogP contribution in [0.2, 0.25) is 5.02 Å². The molecule has 138 valence electrons. The first-order chi connectivity index (χ1) is 13.0. The number of benzene rings is 2. The van der Waals surface area contributed by atoms with Crippen LogP contribution in [-0.4, -0.2) is 38.0 Å². The summed E-state index contributed by atoms with van der Waals surface area (Å²) in [5.41, 5.74) is 1.47. The fourth-order valence-corrected chi connectivity index (χ4v) is 3.72. The first-order valence-corrected chi connectivity index (χ1v) is 9.26. The Bertz CT molecular complexity index is 1080. The zero-order valence-corrected chi connectivity index (χ0v) is 15.9. The highest BCUT2D eigenvalue weighted by molar-refractivity contribution is 6.31. The van der Waals surface area contributed by atoms with Gasteiger partial charge < -0.3 is 14.2 Å². The lowest BCUT2D eigenvalue weighted by Gasteiger charge is -2.25. The summed E-state index contributed by atoms with van der Waals surface area (Å²) < 4.78 is 5.88. The van der Waals surface area contributed by atoms with E-state index in [1.807, 2.05) is 44.4 Å². The van der Waals surface area contributed by atoms with Crippen molar-refractivity contribution in [2.24, 2.45) is 0 Å². The van der Waals surface area contributed by atoms with Crippen LogP contribution in [0.1, 0.15) is 27.7 Å². The molecule has 2 aromatic carbocycles. The molecule has 3 aromatic rings. The molecule has 1 amide bonds. The van der Waals surface area contributed by atoms with Crippen LogP contribution in [0.25, 0.3) is 11.0 Å². The summed E-state index contributed by atoms with van der Waals surface area (Å²) in [6.07, 6.45) is 0. The van der Waals surface area contributed by atoms with Gasteiger partial charge in [0, 0.05) is 5.02 Å². The molecule has 27 heavy (non-hydrogen) atoms. The normalized spacial score (nSPS) is 16.4. The van der Waals surface area contributed by atoms with Gasteiger partial charge in [-0.3, -0.25) is 9.59 Å². The number of rotatable bonds is 4. The van der Waals surface area contributed by atoms with Gasteiger partial charge in [-0.2, -0.15) is 0 Å². The summed E-state index contributed by atoms with van der Waals surface area (Å²) in [6.45, 7) is 1.30. The second-order valence-corrected chi connectivity index (χ2v) is 7.52. The van der Waals surface area contributed by atoms with Gasteiger partial charge in [0.25, 0.3) is 5.91 Å². The molecule has 0 aliphatic carbocycles. The molecule has 1 aliphatic heterocycles. The van der Waals surface area contributed by atoms with Crippen LogP contribution in [-0.2, 0) is 0 Å². The lowest BCUT2D eigenvalue weighted by Crippen LogP contribution is -3.06. The van der Waals surface area contributed by atoms with Crippen LogP contribution in [0.4, 0.5) is 0 Å². The maximum absolute atomic E-state index is 13.3. The van der Waals surface area contributed by atoms with Crippen molar-refractivity contribution in [1.29, 1.82) is 0 Å². The first kappa shape index (κ1) is 17.8. The maximum Gasteiger partial charge on any atom is 0.291 e. The molecule has 0 bridgehead atoms. The van der Waals surface area contributed by atoms with E-state index in [4.69, 9.17) is 16.0 Å². The van der Waals surface area contributed by atoms with E-state index < -0.39 is 6.04 Å². The van der Waals surface area contributed by atoms with Gasteiger partial charge in [0.2, 0.25) is 5.76 Å². The summed E-state index contributed by atoms with van der Waals surface area (Å²) in [5, 5.41) is 0.860. The van der Waals surface area contributed by atoms with E-state index in [0.717, 1.165) is 12.1 Å². The van der Waals surface area contributed by atoms with E-state index >= 15 is 0 Å². The number of hydrogen-bond acceptors (Lipinski definition) is 3. The van der Waals surface area contributed by atoms with E-state index in [2.05, 4.69) is 0 Å². The molecule has 2 heterocycles. The molecule has 0 saturated carbocycles. The second-order valence-electron chi connectivity index (χ2n) is 7.08. The summed E-state index contributed by atoms with van der Waals surface area (Å²) in [6, 6.07) is 14.0. The number of fused-ring (bicyclic) bond motifs is 2. The monoisotopic (exact) mass is 383 g/mol. The molecule has 1 atom stereocenters. The highest BCUT2D eigenvalue weighted by Crippen LogP contribution is 2.37. The number of quaternary nitrogens is 1. The molecule has 1 aliphatic rings. The fourth-order valence-electron chi connectivity index (χ4n) is 3.55. The quantitative estimate of drug-likeness (QED) is 0.751. The summed E-state index contributed by atoms with van der Waals surface area (Å²) >= 11 is 6.08. The van der Waals surface area contributed by atoms with E-state index in [1.165, 1.54) is 4.90 Å². The number of nitrogens with zero attached hydrogens (tertiary/aromatic N) is 1. The van der Waals surface area contributed by atoms with Crippen LogP contribution >= 0.6 is 11.6 Å². The smallest absolute Gasteiger partial charge is 0.291 e. The Morgan fingerprint density at radius 1 is 1.11 bits per heavy atom. The largest absolute Gasteiger partial charge is 0.450 e. The van der Waals surface area contributed by atoms with Crippen LogP contribution in [0.3, 0.4) is 0 Å². The Balaban J connectivity index is 1.95. The third-order valence-corrected chi connectivity index (χ3v) is 5.13. The lowest BCUT2D eigenvalue weighted by molar-refractivity contribution is -0.857. The number of likely N-dealkylation sites (N-methyl/N-ethyl adjacent to an activating group) is 1. The van der Waals surface area contributed by atoms with Gasteiger partial charge in [0.15, 0.2) is 5.43 Å². The van der Waals surface area contributed by atoms with E-state index in [0.29, 0.717) is 28.1 Å². The maximum atomic E-state index is 13.3. The summed E-state index contributed by atoms with van der Waals surface area (Å²) in [4.78, 5) is 29.4. The van der Waals surface area contributed by atoms with Gasteiger partial charge in [0.05, 0.1) is 44.2 Å².